The summed E-state index contributed by atoms with van der Waals surface area (Å²) in [5.74, 6) is 0.632. The van der Waals surface area contributed by atoms with Gasteiger partial charge in [-0.2, -0.15) is 0 Å². The smallest absolute Gasteiger partial charge is 0.266 e. The highest BCUT2D eigenvalue weighted by atomic mass is 16.5. The Labute approximate surface area is 138 Å². The Hall–Kier alpha value is -3.40. The number of rotatable bonds is 3. The van der Waals surface area contributed by atoms with E-state index in [4.69, 9.17) is 4.74 Å². The van der Waals surface area contributed by atoms with Crippen molar-refractivity contribution >= 4 is 17.5 Å². The average Bonchev–Trinajstić information content (AvgIpc) is 2.87. The highest BCUT2D eigenvalue weighted by Crippen LogP contribution is 2.31. The van der Waals surface area contributed by atoms with Crippen molar-refractivity contribution in [1.29, 1.82) is 0 Å². The highest BCUT2D eigenvalue weighted by molar-refractivity contribution is 6.34. The fourth-order valence-corrected chi connectivity index (χ4v) is 2.73. The third kappa shape index (κ3) is 2.34. The number of hydrogen-bond acceptors (Lipinski definition) is 3. The molecule has 0 spiro atoms. The monoisotopic (exact) mass is 315 g/mol. The van der Waals surface area contributed by atoms with Gasteiger partial charge < -0.3 is 4.74 Å². The minimum Gasteiger partial charge on any atom is -0.457 e. The molecule has 0 atom stereocenters. The Balaban J connectivity index is 1.67. The molecule has 116 valence electrons. The second kappa shape index (κ2) is 5.66. The van der Waals surface area contributed by atoms with Crippen LogP contribution < -0.4 is 9.64 Å². The summed E-state index contributed by atoms with van der Waals surface area (Å²) in [5, 5.41) is 0. The first kappa shape index (κ1) is 14.2. The summed E-state index contributed by atoms with van der Waals surface area (Å²) in [6.45, 7) is 0. The van der Waals surface area contributed by atoms with Crippen LogP contribution in [-0.2, 0) is 0 Å². The molecular weight excluding hydrogens is 302 g/mol. The van der Waals surface area contributed by atoms with E-state index in [-0.39, 0.29) is 11.8 Å². The van der Waals surface area contributed by atoms with E-state index < -0.39 is 0 Å². The Kier molecular flexibility index (Phi) is 3.35. The lowest BCUT2D eigenvalue weighted by Gasteiger charge is -2.15. The van der Waals surface area contributed by atoms with Gasteiger partial charge in [0.1, 0.15) is 11.5 Å². The van der Waals surface area contributed by atoms with E-state index in [1.165, 1.54) is 4.90 Å². The predicted molar refractivity (Wildman–Crippen MR) is 90.5 cm³/mol. The van der Waals surface area contributed by atoms with Crippen molar-refractivity contribution in [3.8, 4) is 11.5 Å². The molecule has 0 radical (unpaired) electrons. The maximum Gasteiger partial charge on any atom is 0.266 e. The molecule has 1 heterocycles. The molecule has 4 heteroatoms. The van der Waals surface area contributed by atoms with Crippen molar-refractivity contribution in [2.24, 2.45) is 0 Å². The molecular formula is C20H13NO3. The molecule has 1 aliphatic heterocycles. The van der Waals surface area contributed by atoms with Gasteiger partial charge in [0.15, 0.2) is 0 Å². The molecule has 3 aromatic carbocycles. The van der Waals surface area contributed by atoms with Gasteiger partial charge in [0.25, 0.3) is 11.8 Å². The molecule has 0 bridgehead atoms. The van der Waals surface area contributed by atoms with Crippen LogP contribution in [0.15, 0.2) is 78.9 Å². The molecule has 4 rings (SSSR count). The summed E-state index contributed by atoms with van der Waals surface area (Å²) in [7, 11) is 0. The summed E-state index contributed by atoms with van der Waals surface area (Å²) in [6.07, 6.45) is 0. The zero-order chi connectivity index (χ0) is 16.5. The van der Waals surface area contributed by atoms with Crippen molar-refractivity contribution in [2.45, 2.75) is 0 Å². The van der Waals surface area contributed by atoms with E-state index in [1.807, 2.05) is 30.3 Å². The topological polar surface area (TPSA) is 46.6 Å². The van der Waals surface area contributed by atoms with Gasteiger partial charge in [-0.15, -0.1) is 0 Å². The van der Waals surface area contributed by atoms with Crippen LogP contribution in [0.5, 0.6) is 11.5 Å². The molecule has 2 amide bonds. The molecule has 24 heavy (non-hydrogen) atoms. The average molecular weight is 315 g/mol. The molecule has 0 aromatic heterocycles. The van der Waals surface area contributed by atoms with Crippen LogP contribution in [0.2, 0.25) is 0 Å². The second-order valence-corrected chi connectivity index (χ2v) is 5.40. The molecule has 0 N–H and O–H groups in total. The summed E-state index contributed by atoms with van der Waals surface area (Å²) in [6, 6.07) is 23.1. The third-order valence-corrected chi connectivity index (χ3v) is 3.85. The normalized spacial score (nSPS) is 13.1. The van der Waals surface area contributed by atoms with Gasteiger partial charge in [-0.05, 0) is 36.4 Å². The predicted octanol–water partition coefficient (Wildman–Crippen LogP) is 4.28. The number of imide groups is 1. The number of fused-ring (bicyclic) bond motifs is 1. The Morgan fingerprint density at radius 2 is 1.21 bits per heavy atom. The molecule has 0 fully saturated rings. The van der Waals surface area contributed by atoms with Gasteiger partial charge in [0.05, 0.1) is 16.8 Å². The SMILES string of the molecule is O=C1c2ccccc2C(=O)N1c1cccc(Oc2ccccc2)c1. The lowest BCUT2D eigenvalue weighted by Crippen LogP contribution is -2.29. The van der Waals surface area contributed by atoms with Crippen LogP contribution in [0, 0.1) is 0 Å². The van der Waals surface area contributed by atoms with E-state index in [2.05, 4.69) is 0 Å². The Morgan fingerprint density at radius 1 is 0.625 bits per heavy atom. The number of para-hydroxylation sites is 1. The van der Waals surface area contributed by atoms with E-state index >= 15 is 0 Å². The quantitative estimate of drug-likeness (QED) is 0.678. The number of hydrogen-bond donors (Lipinski definition) is 0. The maximum absolute atomic E-state index is 12.5. The highest BCUT2D eigenvalue weighted by Gasteiger charge is 2.36. The van der Waals surface area contributed by atoms with Gasteiger partial charge in [0.2, 0.25) is 0 Å². The molecule has 3 aromatic rings. The van der Waals surface area contributed by atoms with E-state index in [9.17, 15) is 9.59 Å². The Bertz CT molecular complexity index is 899. The molecule has 0 saturated carbocycles. The lowest BCUT2D eigenvalue weighted by molar-refractivity contribution is 0.0926. The van der Waals surface area contributed by atoms with E-state index in [0.717, 1.165) is 0 Å². The fraction of sp³-hybridized carbons (Fsp3) is 0. The van der Waals surface area contributed by atoms with Crippen LogP contribution in [0.25, 0.3) is 0 Å². The van der Waals surface area contributed by atoms with Gasteiger partial charge in [-0.1, -0.05) is 36.4 Å². The van der Waals surface area contributed by atoms with Crippen LogP contribution >= 0.6 is 0 Å². The van der Waals surface area contributed by atoms with Gasteiger partial charge >= 0.3 is 0 Å². The van der Waals surface area contributed by atoms with Crippen LogP contribution in [0.1, 0.15) is 20.7 Å². The lowest BCUT2D eigenvalue weighted by atomic mass is 10.1. The van der Waals surface area contributed by atoms with Crippen molar-refractivity contribution in [1.82, 2.24) is 0 Å². The van der Waals surface area contributed by atoms with Crippen molar-refractivity contribution in [3.63, 3.8) is 0 Å². The zero-order valence-electron chi connectivity index (χ0n) is 12.7. The third-order valence-electron chi connectivity index (χ3n) is 3.85. The van der Waals surface area contributed by atoms with E-state index in [0.29, 0.717) is 28.3 Å². The number of carbonyl (C=O) groups is 2. The summed E-state index contributed by atoms with van der Waals surface area (Å²) in [5.41, 5.74) is 1.35. The van der Waals surface area contributed by atoms with Gasteiger partial charge in [-0.3, -0.25) is 9.59 Å². The van der Waals surface area contributed by atoms with Crippen LogP contribution in [-0.4, -0.2) is 11.8 Å². The number of ether oxygens (including phenoxy) is 1. The first-order chi connectivity index (χ1) is 11.7. The molecule has 0 aliphatic carbocycles. The van der Waals surface area contributed by atoms with Crippen molar-refractivity contribution in [3.05, 3.63) is 90.0 Å². The zero-order valence-corrected chi connectivity index (χ0v) is 12.7. The minimum atomic E-state index is -0.313. The fourth-order valence-electron chi connectivity index (χ4n) is 2.73. The molecule has 1 aliphatic rings. The molecule has 4 nitrogen and oxygen atoms in total. The minimum absolute atomic E-state index is 0.313. The summed E-state index contributed by atoms with van der Waals surface area (Å²) < 4.78 is 5.78. The number of amides is 2. The number of benzene rings is 3. The Morgan fingerprint density at radius 3 is 1.88 bits per heavy atom. The van der Waals surface area contributed by atoms with Crippen molar-refractivity contribution < 1.29 is 14.3 Å². The van der Waals surface area contributed by atoms with Crippen LogP contribution in [0.3, 0.4) is 0 Å². The molecule has 0 unspecified atom stereocenters. The van der Waals surface area contributed by atoms with E-state index in [1.54, 1.807) is 48.5 Å². The summed E-state index contributed by atoms with van der Waals surface area (Å²) in [4.78, 5) is 26.3. The first-order valence-corrected chi connectivity index (χ1v) is 7.55. The second-order valence-electron chi connectivity index (χ2n) is 5.40. The number of carbonyl (C=O) groups excluding carboxylic acids is 2. The summed E-state index contributed by atoms with van der Waals surface area (Å²) >= 11 is 0. The maximum atomic E-state index is 12.5. The first-order valence-electron chi connectivity index (χ1n) is 7.55. The number of anilines is 1. The van der Waals surface area contributed by atoms with Crippen molar-refractivity contribution in [2.75, 3.05) is 4.90 Å². The van der Waals surface area contributed by atoms with Gasteiger partial charge in [-0.25, -0.2) is 4.90 Å². The van der Waals surface area contributed by atoms with Crippen LogP contribution in [0.4, 0.5) is 5.69 Å². The molecule has 0 saturated heterocycles. The largest absolute Gasteiger partial charge is 0.457 e. The van der Waals surface area contributed by atoms with Gasteiger partial charge in [0, 0.05) is 6.07 Å². The number of nitrogens with zero attached hydrogens (tertiary/aromatic N) is 1. The standard InChI is InChI=1S/C20H13NO3/c22-19-17-11-4-5-12-18(17)20(23)21(19)14-7-6-10-16(13-14)24-15-8-2-1-3-9-15/h1-13H.